The van der Waals surface area contributed by atoms with E-state index < -0.39 is 0 Å². The van der Waals surface area contributed by atoms with Gasteiger partial charge in [-0.3, -0.25) is 0 Å². The molecule has 1 aromatic heterocycles. The van der Waals surface area contributed by atoms with E-state index in [0.29, 0.717) is 0 Å². The first kappa shape index (κ1) is 18.7. The Bertz CT molecular complexity index is 750. The Morgan fingerprint density at radius 1 is 1.04 bits per heavy atom. The first-order valence-electron chi connectivity index (χ1n) is 9.00. The second kappa shape index (κ2) is 8.56. The van der Waals surface area contributed by atoms with E-state index in [9.17, 15) is 0 Å². The highest BCUT2D eigenvalue weighted by Crippen LogP contribution is 2.35. The summed E-state index contributed by atoms with van der Waals surface area (Å²) in [5.41, 5.74) is 2.93. The standard InChI is InChI=1S/C19H24N4O2.ClH/c1-14-11-16(15-5-6-17-18(12-15)25-13-24-17)21-22-19(14)20-7-10-23-8-3-2-4-9-23;/h5-6,11-12H,2-4,7-10,13H2,1H3,(H,20,22);1H. The van der Waals surface area contributed by atoms with Gasteiger partial charge in [0, 0.05) is 18.7 Å². The van der Waals surface area contributed by atoms with Gasteiger partial charge in [-0.25, -0.2) is 0 Å². The summed E-state index contributed by atoms with van der Waals surface area (Å²) in [4.78, 5) is 2.51. The fraction of sp³-hybridized carbons (Fsp3) is 0.474. The average molecular weight is 377 g/mol. The van der Waals surface area contributed by atoms with Gasteiger partial charge in [0.2, 0.25) is 6.79 Å². The predicted octanol–water partition coefficient (Wildman–Crippen LogP) is 3.50. The van der Waals surface area contributed by atoms with Crippen molar-refractivity contribution in [1.29, 1.82) is 0 Å². The molecule has 1 aromatic carbocycles. The molecule has 0 aliphatic carbocycles. The second-order valence-electron chi connectivity index (χ2n) is 6.66. The summed E-state index contributed by atoms with van der Waals surface area (Å²) >= 11 is 0. The minimum absolute atomic E-state index is 0. The van der Waals surface area contributed by atoms with E-state index in [4.69, 9.17) is 9.47 Å². The molecule has 0 spiro atoms. The fourth-order valence-corrected chi connectivity index (χ4v) is 3.37. The minimum atomic E-state index is 0. The Morgan fingerprint density at radius 3 is 2.65 bits per heavy atom. The highest BCUT2D eigenvalue weighted by atomic mass is 35.5. The van der Waals surface area contributed by atoms with Gasteiger partial charge in [0.25, 0.3) is 0 Å². The number of ether oxygens (including phenoxy) is 2. The number of likely N-dealkylation sites (tertiary alicyclic amines) is 1. The number of fused-ring (bicyclic) bond motifs is 1. The van der Waals surface area contributed by atoms with Crippen LogP contribution in [0.15, 0.2) is 24.3 Å². The molecule has 0 bridgehead atoms. The Hall–Kier alpha value is -2.05. The lowest BCUT2D eigenvalue weighted by Crippen LogP contribution is -2.33. The van der Waals surface area contributed by atoms with Crippen molar-refractivity contribution in [2.24, 2.45) is 0 Å². The lowest BCUT2D eigenvalue weighted by molar-refractivity contribution is 0.174. The van der Waals surface area contributed by atoms with Crippen LogP contribution in [0.25, 0.3) is 11.3 Å². The highest BCUT2D eigenvalue weighted by Gasteiger charge is 2.15. The van der Waals surface area contributed by atoms with E-state index in [2.05, 4.69) is 33.4 Å². The SMILES string of the molecule is Cc1cc(-c2ccc3c(c2)OCO3)nnc1NCCN1CCCCC1.Cl. The number of rotatable bonds is 5. The number of halogens is 1. The lowest BCUT2D eigenvalue weighted by Gasteiger charge is -2.26. The summed E-state index contributed by atoms with van der Waals surface area (Å²) in [5.74, 6) is 2.41. The van der Waals surface area contributed by atoms with Gasteiger partial charge in [-0.05, 0) is 62.7 Å². The molecule has 3 heterocycles. The predicted molar refractivity (Wildman–Crippen MR) is 104 cm³/mol. The maximum absolute atomic E-state index is 5.44. The Kier molecular flexibility index (Phi) is 6.16. The Labute approximate surface area is 160 Å². The molecule has 1 fully saturated rings. The van der Waals surface area contributed by atoms with Crippen LogP contribution in [0.5, 0.6) is 11.5 Å². The largest absolute Gasteiger partial charge is 0.454 e. The van der Waals surface area contributed by atoms with E-state index in [1.165, 1.54) is 32.4 Å². The van der Waals surface area contributed by atoms with E-state index in [-0.39, 0.29) is 19.2 Å². The monoisotopic (exact) mass is 376 g/mol. The molecule has 0 atom stereocenters. The summed E-state index contributed by atoms with van der Waals surface area (Å²) in [6.07, 6.45) is 4.02. The van der Waals surface area contributed by atoms with Crippen LogP contribution in [0, 0.1) is 6.92 Å². The second-order valence-corrected chi connectivity index (χ2v) is 6.66. The zero-order chi connectivity index (χ0) is 17.1. The summed E-state index contributed by atoms with van der Waals surface area (Å²) < 4.78 is 10.8. The number of aryl methyl sites for hydroxylation is 1. The maximum Gasteiger partial charge on any atom is 0.231 e. The minimum Gasteiger partial charge on any atom is -0.454 e. The molecule has 0 unspecified atom stereocenters. The van der Waals surface area contributed by atoms with Gasteiger partial charge < -0.3 is 19.7 Å². The third-order valence-electron chi connectivity index (χ3n) is 4.82. The number of nitrogens with zero attached hydrogens (tertiary/aromatic N) is 3. The average Bonchev–Trinajstić information content (AvgIpc) is 3.11. The third kappa shape index (κ3) is 4.19. The summed E-state index contributed by atoms with van der Waals surface area (Å²) in [7, 11) is 0. The van der Waals surface area contributed by atoms with Crippen LogP contribution in [0.1, 0.15) is 24.8 Å². The van der Waals surface area contributed by atoms with Gasteiger partial charge in [-0.1, -0.05) is 6.42 Å². The molecule has 2 aliphatic heterocycles. The van der Waals surface area contributed by atoms with Gasteiger partial charge in [-0.15, -0.1) is 22.6 Å². The zero-order valence-corrected chi connectivity index (χ0v) is 15.8. The van der Waals surface area contributed by atoms with E-state index in [1.807, 2.05) is 18.2 Å². The molecule has 140 valence electrons. The molecule has 0 saturated carbocycles. The van der Waals surface area contributed by atoms with Crippen LogP contribution in [0.2, 0.25) is 0 Å². The van der Waals surface area contributed by atoms with E-state index in [0.717, 1.165) is 47.2 Å². The fourth-order valence-electron chi connectivity index (χ4n) is 3.37. The molecule has 6 nitrogen and oxygen atoms in total. The van der Waals surface area contributed by atoms with Gasteiger partial charge in [0.05, 0.1) is 5.69 Å². The number of hydrogen-bond acceptors (Lipinski definition) is 6. The summed E-state index contributed by atoms with van der Waals surface area (Å²) in [5, 5.41) is 12.2. The quantitative estimate of drug-likeness (QED) is 0.861. The number of hydrogen-bond donors (Lipinski definition) is 1. The maximum atomic E-state index is 5.44. The van der Waals surface area contributed by atoms with Crippen molar-refractivity contribution in [1.82, 2.24) is 15.1 Å². The number of nitrogens with one attached hydrogen (secondary N) is 1. The van der Waals surface area contributed by atoms with Crippen LogP contribution in [-0.2, 0) is 0 Å². The summed E-state index contributed by atoms with van der Waals surface area (Å²) in [6, 6.07) is 7.92. The Morgan fingerprint density at radius 2 is 1.85 bits per heavy atom. The first-order valence-corrected chi connectivity index (χ1v) is 9.00. The van der Waals surface area contributed by atoms with Gasteiger partial charge in [0.15, 0.2) is 17.3 Å². The lowest BCUT2D eigenvalue weighted by atomic mass is 10.1. The van der Waals surface area contributed by atoms with Crippen molar-refractivity contribution in [3.8, 4) is 22.8 Å². The van der Waals surface area contributed by atoms with Crippen molar-refractivity contribution in [3.63, 3.8) is 0 Å². The molecule has 2 aliphatic rings. The van der Waals surface area contributed by atoms with Crippen molar-refractivity contribution >= 4 is 18.2 Å². The molecular weight excluding hydrogens is 352 g/mol. The molecular formula is C19H25ClN4O2. The van der Waals surface area contributed by atoms with E-state index in [1.54, 1.807) is 0 Å². The molecule has 0 radical (unpaired) electrons. The molecule has 26 heavy (non-hydrogen) atoms. The molecule has 1 saturated heterocycles. The van der Waals surface area contributed by atoms with Gasteiger partial charge in [0.1, 0.15) is 0 Å². The summed E-state index contributed by atoms with van der Waals surface area (Å²) in [6.45, 7) is 6.74. The molecule has 7 heteroatoms. The zero-order valence-electron chi connectivity index (χ0n) is 15.0. The van der Waals surface area contributed by atoms with E-state index >= 15 is 0 Å². The van der Waals surface area contributed by atoms with Gasteiger partial charge >= 0.3 is 0 Å². The van der Waals surface area contributed by atoms with Crippen molar-refractivity contribution in [3.05, 3.63) is 29.8 Å². The molecule has 2 aromatic rings. The first-order chi connectivity index (χ1) is 12.3. The smallest absolute Gasteiger partial charge is 0.231 e. The normalized spacial score (nSPS) is 16.2. The van der Waals surface area contributed by atoms with Crippen LogP contribution in [-0.4, -0.2) is 48.1 Å². The number of anilines is 1. The molecule has 0 amide bonds. The molecule has 4 rings (SSSR count). The van der Waals surface area contributed by atoms with Crippen molar-refractivity contribution in [2.75, 3.05) is 38.3 Å². The van der Waals surface area contributed by atoms with Crippen LogP contribution >= 0.6 is 12.4 Å². The topological polar surface area (TPSA) is 59.5 Å². The third-order valence-corrected chi connectivity index (χ3v) is 4.82. The van der Waals surface area contributed by atoms with Crippen LogP contribution in [0.4, 0.5) is 5.82 Å². The number of benzene rings is 1. The Balaban J connectivity index is 0.00000196. The van der Waals surface area contributed by atoms with Gasteiger partial charge in [-0.2, -0.15) is 0 Å². The highest BCUT2D eigenvalue weighted by molar-refractivity contribution is 5.85. The molecule has 1 N–H and O–H groups in total. The van der Waals surface area contributed by atoms with Crippen molar-refractivity contribution in [2.45, 2.75) is 26.2 Å². The van der Waals surface area contributed by atoms with Crippen LogP contribution < -0.4 is 14.8 Å². The van der Waals surface area contributed by atoms with Crippen LogP contribution in [0.3, 0.4) is 0 Å². The number of piperidine rings is 1. The van der Waals surface area contributed by atoms with Crippen molar-refractivity contribution < 1.29 is 9.47 Å². The number of aromatic nitrogens is 2.